The Bertz CT molecular complexity index is 584. The fraction of sp³-hybridized carbons (Fsp3) is 0.619. The first-order valence-corrected chi connectivity index (χ1v) is 9.91. The first-order valence-electron chi connectivity index (χ1n) is 9.91. The summed E-state index contributed by atoms with van der Waals surface area (Å²) in [7, 11) is 1.90. The molecule has 0 radical (unpaired) electrons. The second kappa shape index (κ2) is 10.9. The molecule has 6 heteroatoms. The molecule has 1 aliphatic rings. The lowest BCUT2D eigenvalue weighted by Crippen LogP contribution is -2.47. The third-order valence-corrected chi connectivity index (χ3v) is 5.22. The van der Waals surface area contributed by atoms with E-state index in [0.29, 0.717) is 31.5 Å². The van der Waals surface area contributed by atoms with Crippen LogP contribution >= 0.6 is 0 Å². The highest BCUT2D eigenvalue weighted by Gasteiger charge is 2.25. The van der Waals surface area contributed by atoms with Gasteiger partial charge in [0.25, 0.3) is 0 Å². The maximum Gasteiger partial charge on any atom is 0.407 e. The molecule has 150 valence electrons. The van der Waals surface area contributed by atoms with Crippen LogP contribution in [0.15, 0.2) is 30.3 Å². The monoisotopic (exact) mass is 375 g/mol. The molecule has 0 atom stereocenters. The number of amides is 2. The van der Waals surface area contributed by atoms with E-state index in [0.717, 1.165) is 31.5 Å². The van der Waals surface area contributed by atoms with Gasteiger partial charge in [0.2, 0.25) is 5.91 Å². The van der Waals surface area contributed by atoms with Crippen molar-refractivity contribution < 1.29 is 14.3 Å². The number of hydrogen-bond donors (Lipinski definition) is 1. The number of piperidine rings is 1. The molecule has 0 spiro atoms. The normalized spacial score (nSPS) is 15.6. The van der Waals surface area contributed by atoms with Crippen molar-refractivity contribution in [3.8, 4) is 0 Å². The molecule has 1 saturated heterocycles. The molecule has 1 aromatic carbocycles. The fourth-order valence-electron chi connectivity index (χ4n) is 3.37. The Balaban J connectivity index is 1.58. The van der Waals surface area contributed by atoms with E-state index in [1.165, 1.54) is 0 Å². The van der Waals surface area contributed by atoms with Crippen molar-refractivity contribution in [3.05, 3.63) is 35.9 Å². The Hall–Kier alpha value is -2.08. The molecule has 0 aliphatic carbocycles. The molecule has 0 saturated carbocycles. The highest BCUT2D eigenvalue weighted by Crippen LogP contribution is 2.18. The van der Waals surface area contributed by atoms with Gasteiger partial charge >= 0.3 is 6.09 Å². The second-order valence-electron chi connectivity index (χ2n) is 7.46. The molecule has 1 heterocycles. The van der Waals surface area contributed by atoms with Gasteiger partial charge in [-0.3, -0.25) is 4.79 Å². The van der Waals surface area contributed by atoms with Gasteiger partial charge in [-0.2, -0.15) is 0 Å². The van der Waals surface area contributed by atoms with E-state index in [-0.39, 0.29) is 12.5 Å². The molecule has 2 rings (SSSR count). The van der Waals surface area contributed by atoms with Crippen molar-refractivity contribution in [2.24, 2.45) is 0 Å². The highest BCUT2D eigenvalue weighted by molar-refractivity contribution is 5.76. The average Bonchev–Trinajstić information content (AvgIpc) is 2.69. The van der Waals surface area contributed by atoms with Crippen LogP contribution in [0.3, 0.4) is 0 Å². The molecular formula is C21H33N3O3. The minimum Gasteiger partial charge on any atom is -0.445 e. The van der Waals surface area contributed by atoms with Crippen LogP contribution in [0.4, 0.5) is 4.79 Å². The lowest BCUT2D eigenvalue weighted by Gasteiger charge is -2.38. The molecule has 0 aromatic heterocycles. The smallest absolute Gasteiger partial charge is 0.407 e. The van der Waals surface area contributed by atoms with Crippen LogP contribution in [0.25, 0.3) is 0 Å². The van der Waals surface area contributed by atoms with Crippen LogP contribution in [-0.2, 0) is 16.1 Å². The number of nitrogens with zero attached hydrogens (tertiary/aromatic N) is 2. The van der Waals surface area contributed by atoms with Gasteiger partial charge in [0.15, 0.2) is 0 Å². The van der Waals surface area contributed by atoms with Crippen LogP contribution in [0.2, 0.25) is 0 Å². The summed E-state index contributed by atoms with van der Waals surface area (Å²) in [6, 6.07) is 10.5. The van der Waals surface area contributed by atoms with Crippen molar-refractivity contribution in [3.63, 3.8) is 0 Å². The Morgan fingerprint density at radius 3 is 2.52 bits per heavy atom. The topological polar surface area (TPSA) is 61.9 Å². The van der Waals surface area contributed by atoms with E-state index in [1.807, 2.05) is 42.3 Å². The Labute approximate surface area is 162 Å². The number of benzene rings is 1. The predicted molar refractivity (Wildman–Crippen MR) is 106 cm³/mol. The van der Waals surface area contributed by atoms with Gasteiger partial charge in [0, 0.05) is 45.2 Å². The van der Waals surface area contributed by atoms with E-state index < -0.39 is 6.09 Å². The standard InChI is InChI=1S/C21H33N3O3/c1-17(2)24-14-11-19(12-15-24)23(3)20(25)10-7-13-22-21(26)27-16-18-8-5-4-6-9-18/h4-6,8-9,17,19H,7,10-16H2,1-3H3,(H,22,26). The maximum atomic E-state index is 12.4. The minimum absolute atomic E-state index is 0.150. The van der Waals surface area contributed by atoms with Gasteiger partial charge in [-0.25, -0.2) is 4.79 Å². The molecule has 1 aliphatic heterocycles. The summed E-state index contributed by atoms with van der Waals surface area (Å²) in [6.45, 7) is 7.23. The first kappa shape index (κ1) is 21.2. The molecule has 1 aromatic rings. The lowest BCUT2D eigenvalue weighted by molar-refractivity contribution is -0.133. The molecule has 2 amide bonds. The minimum atomic E-state index is -0.444. The van der Waals surface area contributed by atoms with Gasteiger partial charge in [-0.05, 0) is 38.7 Å². The zero-order valence-electron chi connectivity index (χ0n) is 16.8. The summed E-state index contributed by atoms with van der Waals surface area (Å²) in [5.74, 6) is 0.150. The summed E-state index contributed by atoms with van der Waals surface area (Å²) in [4.78, 5) is 28.4. The summed E-state index contributed by atoms with van der Waals surface area (Å²) >= 11 is 0. The van der Waals surface area contributed by atoms with Crippen molar-refractivity contribution in [2.45, 2.75) is 58.2 Å². The van der Waals surface area contributed by atoms with E-state index in [1.54, 1.807) is 0 Å². The number of hydrogen-bond acceptors (Lipinski definition) is 4. The molecular weight excluding hydrogens is 342 g/mol. The zero-order chi connectivity index (χ0) is 19.6. The Morgan fingerprint density at radius 2 is 1.89 bits per heavy atom. The largest absolute Gasteiger partial charge is 0.445 e. The summed E-state index contributed by atoms with van der Waals surface area (Å²) in [6.07, 6.45) is 2.68. The van der Waals surface area contributed by atoms with Gasteiger partial charge in [-0.15, -0.1) is 0 Å². The SMILES string of the molecule is CC(C)N1CCC(N(C)C(=O)CCCNC(=O)OCc2ccccc2)CC1. The number of carbonyl (C=O) groups is 2. The summed E-state index contributed by atoms with van der Waals surface area (Å²) in [5, 5.41) is 2.71. The van der Waals surface area contributed by atoms with E-state index >= 15 is 0 Å². The number of nitrogens with one attached hydrogen (secondary N) is 1. The lowest BCUT2D eigenvalue weighted by atomic mass is 10.0. The number of rotatable bonds is 8. The molecule has 6 nitrogen and oxygen atoms in total. The highest BCUT2D eigenvalue weighted by atomic mass is 16.5. The molecule has 0 bridgehead atoms. The van der Waals surface area contributed by atoms with Gasteiger partial charge in [-0.1, -0.05) is 30.3 Å². The maximum absolute atomic E-state index is 12.4. The number of alkyl carbamates (subject to hydrolysis) is 1. The number of carbonyl (C=O) groups excluding carboxylic acids is 2. The van der Waals surface area contributed by atoms with Gasteiger partial charge in [0.05, 0.1) is 0 Å². The third-order valence-electron chi connectivity index (χ3n) is 5.22. The zero-order valence-corrected chi connectivity index (χ0v) is 16.8. The van der Waals surface area contributed by atoms with Crippen molar-refractivity contribution >= 4 is 12.0 Å². The molecule has 0 unspecified atom stereocenters. The first-order chi connectivity index (χ1) is 13.0. The van der Waals surface area contributed by atoms with E-state index in [2.05, 4.69) is 24.1 Å². The Morgan fingerprint density at radius 1 is 1.22 bits per heavy atom. The van der Waals surface area contributed by atoms with Crippen molar-refractivity contribution in [2.75, 3.05) is 26.7 Å². The van der Waals surface area contributed by atoms with E-state index in [9.17, 15) is 9.59 Å². The number of ether oxygens (including phenoxy) is 1. The third kappa shape index (κ3) is 7.21. The van der Waals surface area contributed by atoms with Crippen molar-refractivity contribution in [1.82, 2.24) is 15.1 Å². The quantitative estimate of drug-likeness (QED) is 0.710. The summed E-state index contributed by atoms with van der Waals surface area (Å²) in [5.41, 5.74) is 0.952. The predicted octanol–water partition coefficient (Wildman–Crippen LogP) is 3.02. The molecule has 1 fully saturated rings. The van der Waals surface area contributed by atoms with Crippen LogP contribution in [0, 0.1) is 0 Å². The van der Waals surface area contributed by atoms with Crippen LogP contribution in [-0.4, -0.2) is 60.6 Å². The number of likely N-dealkylation sites (tertiary alicyclic amines) is 1. The molecule has 27 heavy (non-hydrogen) atoms. The van der Waals surface area contributed by atoms with Crippen LogP contribution < -0.4 is 5.32 Å². The fourth-order valence-corrected chi connectivity index (χ4v) is 3.37. The van der Waals surface area contributed by atoms with Crippen LogP contribution in [0.5, 0.6) is 0 Å². The van der Waals surface area contributed by atoms with Gasteiger partial charge in [0.1, 0.15) is 6.61 Å². The Kier molecular flexibility index (Phi) is 8.58. The summed E-state index contributed by atoms with van der Waals surface area (Å²) < 4.78 is 5.16. The van der Waals surface area contributed by atoms with Gasteiger partial charge < -0.3 is 19.9 Å². The average molecular weight is 376 g/mol. The second-order valence-corrected chi connectivity index (χ2v) is 7.46. The molecule has 1 N–H and O–H groups in total. The van der Waals surface area contributed by atoms with E-state index in [4.69, 9.17) is 4.74 Å². The van der Waals surface area contributed by atoms with Crippen molar-refractivity contribution in [1.29, 1.82) is 0 Å². The van der Waals surface area contributed by atoms with Crippen LogP contribution in [0.1, 0.15) is 45.1 Å².